The van der Waals surface area contributed by atoms with Gasteiger partial charge in [0, 0.05) is 0 Å². The highest BCUT2D eigenvalue weighted by Crippen LogP contribution is 2.42. The number of nitrogens with zero attached hydrogens (tertiary/aromatic N) is 1. The standard InChI is InChI=1S/C33H39NO7/c1-32(30(36)37,23-41-31(38)39)25-16-14-24(15-17-25)29(35)13-8-20-34-21-18-28(19-22-34)33(40,26-9-4-2-5-10-26)27-11-6-3-7-12-27/h2-7,9-12,14-17,28-29,35,40H,8,13,18-23H2,1H3,(H,36,37)(H,38,39). The van der Waals surface area contributed by atoms with Crippen molar-refractivity contribution in [1.82, 2.24) is 4.90 Å². The maximum Gasteiger partial charge on any atom is 0.505 e. The van der Waals surface area contributed by atoms with E-state index in [4.69, 9.17) is 5.11 Å². The van der Waals surface area contributed by atoms with Gasteiger partial charge < -0.3 is 30.1 Å². The van der Waals surface area contributed by atoms with Crippen LogP contribution in [0.2, 0.25) is 0 Å². The number of piperidine rings is 1. The third kappa shape index (κ3) is 6.96. The molecule has 1 aliphatic heterocycles. The van der Waals surface area contributed by atoms with E-state index in [2.05, 4.69) is 9.64 Å². The average Bonchev–Trinajstić information content (AvgIpc) is 3.00. The number of aliphatic hydroxyl groups excluding tert-OH is 1. The Morgan fingerprint density at radius 3 is 1.90 bits per heavy atom. The maximum atomic E-state index is 12.1. The average molecular weight is 562 g/mol. The van der Waals surface area contributed by atoms with Crippen LogP contribution in [0.15, 0.2) is 84.9 Å². The fourth-order valence-corrected chi connectivity index (χ4v) is 5.82. The number of likely N-dealkylation sites (tertiary alicyclic amines) is 1. The molecule has 4 N–H and O–H groups in total. The van der Waals surface area contributed by atoms with E-state index >= 15 is 0 Å². The molecular formula is C33H39NO7. The number of hydrogen-bond acceptors (Lipinski definition) is 6. The molecule has 1 aliphatic rings. The molecule has 8 nitrogen and oxygen atoms in total. The summed E-state index contributed by atoms with van der Waals surface area (Å²) in [7, 11) is 0. The molecule has 41 heavy (non-hydrogen) atoms. The third-order valence-electron chi connectivity index (χ3n) is 8.45. The number of carboxylic acid groups (broad SMARTS) is 2. The first-order valence-electron chi connectivity index (χ1n) is 14.1. The summed E-state index contributed by atoms with van der Waals surface area (Å²) in [5, 5.41) is 41.3. The highest BCUT2D eigenvalue weighted by atomic mass is 16.7. The van der Waals surface area contributed by atoms with Crippen LogP contribution in [-0.4, -0.2) is 63.7 Å². The number of carboxylic acids is 1. The zero-order chi connectivity index (χ0) is 29.5. The van der Waals surface area contributed by atoms with Crippen LogP contribution in [0, 0.1) is 5.92 Å². The van der Waals surface area contributed by atoms with Gasteiger partial charge in [0.05, 0.1) is 6.10 Å². The van der Waals surface area contributed by atoms with Gasteiger partial charge in [0.2, 0.25) is 0 Å². The van der Waals surface area contributed by atoms with E-state index in [-0.39, 0.29) is 5.92 Å². The van der Waals surface area contributed by atoms with Crippen LogP contribution in [0.5, 0.6) is 0 Å². The molecule has 1 heterocycles. The summed E-state index contributed by atoms with van der Waals surface area (Å²) >= 11 is 0. The van der Waals surface area contributed by atoms with Gasteiger partial charge in [0.25, 0.3) is 0 Å². The molecule has 0 bridgehead atoms. The van der Waals surface area contributed by atoms with E-state index in [1.54, 1.807) is 24.3 Å². The number of hydrogen-bond donors (Lipinski definition) is 4. The van der Waals surface area contributed by atoms with Gasteiger partial charge in [0.15, 0.2) is 0 Å². The molecule has 0 radical (unpaired) electrons. The van der Waals surface area contributed by atoms with Gasteiger partial charge >= 0.3 is 12.1 Å². The van der Waals surface area contributed by atoms with Gasteiger partial charge in [-0.1, -0.05) is 84.9 Å². The monoisotopic (exact) mass is 561 g/mol. The summed E-state index contributed by atoms with van der Waals surface area (Å²) in [5.74, 6) is -1.10. The number of aliphatic carboxylic acids is 1. The minimum Gasteiger partial charge on any atom is -0.480 e. The summed E-state index contributed by atoms with van der Waals surface area (Å²) in [5.41, 5.74) is 0.328. The Balaban J connectivity index is 1.31. The van der Waals surface area contributed by atoms with Gasteiger partial charge in [-0.15, -0.1) is 0 Å². The Morgan fingerprint density at radius 1 is 0.878 bits per heavy atom. The van der Waals surface area contributed by atoms with Gasteiger partial charge in [0.1, 0.15) is 17.6 Å². The third-order valence-corrected chi connectivity index (χ3v) is 8.45. The quantitative estimate of drug-likeness (QED) is 0.223. The minimum atomic E-state index is -1.53. The van der Waals surface area contributed by atoms with Crippen molar-refractivity contribution in [3.05, 3.63) is 107 Å². The molecule has 1 saturated heterocycles. The molecule has 0 aliphatic carbocycles. The van der Waals surface area contributed by atoms with Crippen molar-refractivity contribution in [2.24, 2.45) is 5.92 Å². The number of rotatable bonds is 12. The highest BCUT2D eigenvalue weighted by Gasteiger charge is 2.41. The summed E-state index contributed by atoms with van der Waals surface area (Å²) in [6.45, 7) is 3.46. The van der Waals surface area contributed by atoms with Crippen molar-refractivity contribution in [2.45, 2.75) is 49.7 Å². The largest absolute Gasteiger partial charge is 0.505 e. The Hall–Kier alpha value is -3.72. The van der Waals surface area contributed by atoms with Crippen LogP contribution in [0.4, 0.5) is 4.79 Å². The van der Waals surface area contributed by atoms with E-state index < -0.39 is 35.9 Å². The molecule has 2 atom stereocenters. The van der Waals surface area contributed by atoms with E-state index in [1.807, 2.05) is 60.7 Å². The Morgan fingerprint density at radius 2 is 1.41 bits per heavy atom. The molecule has 0 saturated carbocycles. The van der Waals surface area contributed by atoms with Crippen molar-refractivity contribution < 1.29 is 34.8 Å². The second kappa shape index (κ2) is 13.3. The fourth-order valence-electron chi connectivity index (χ4n) is 5.82. The molecule has 4 rings (SSSR count). The number of carbonyl (C=O) groups is 2. The zero-order valence-corrected chi connectivity index (χ0v) is 23.4. The molecule has 8 heteroatoms. The zero-order valence-electron chi connectivity index (χ0n) is 23.4. The van der Waals surface area contributed by atoms with Crippen molar-refractivity contribution in [3.63, 3.8) is 0 Å². The topological polar surface area (TPSA) is 128 Å². The molecular weight excluding hydrogens is 522 g/mol. The second-order valence-corrected chi connectivity index (χ2v) is 11.1. The summed E-state index contributed by atoms with van der Waals surface area (Å²) in [6.07, 6.45) is 0.826. The predicted molar refractivity (Wildman–Crippen MR) is 155 cm³/mol. The van der Waals surface area contributed by atoms with Crippen molar-refractivity contribution in [3.8, 4) is 0 Å². The van der Waals surface area contributed by atoms with Gasteiger partial charge in [-0.3, -0.25) is 4.79 Å². The minimum absolute atomic E-state index is 0.0880. The number of aliphatic hydroxyl groups is 2. The highest BCUT2D eigenvalue weighted by molar-refractivity contribution is 5.81. The van der Waals surface area contributed by atoms with E-state index in [9.17, 15) is 24.9 Å². The van der Waals surface area contributed by atoms with Gasteiger partial charge in [-0.2, -0.15) is 0 Å². The lowest BCUT2D eigenvalue weighted by Gasteiger charge is -2.42. The summed E-state index contributed by atoms with van der Waals surface area (Å²) in [6, 6.07) is 26.4. The molecule has 0 aromatic heterocycles. The lowest BCUT2D eigenvalue weighted by molar-refractivity contribution is -0.144. The molecule has 0 amide bonds. The molecule has 1 fully saturated rings. The first-order chi connectivity index (χ1) is 19.6. The van der Waals surface area contributed by atoms with Crippen LogP contribution >= 0.6 is 0 Å². The normalized spacial score (nSPS) is 17.0. The smallest absolute Gasteiger partial charge is 0.480 e. The van der Waals surface area contributed by atoms with E-state index in [1.165, 1.54) is 6.92 Å². The number of benzene rings is 3. The molecule has 3 aromatic carbocycles. The molecule has 0 spiro atoms. The molecule has 3 aromatic rings. The molecule has 218 valence electrons. The van der Waals surface area contributed by atoms with Crippen LogP contribution in [0.25, 0.3) is 0 Å². The van der Waals surface area contributed by atoms with Crippen LogP contribution in [0.3, 0.4) is 0 Å². The second-order valence-electron chi connectivity index (χ2n) is 11.1. The molecule has 2 unspecified atom stereocenters. The SMILES string of the molecule is CC(COC(=O)O)(C(=O)O)c1ccc(C(O)CCCN2CCC(C(O)(c3ccccc3)c3ccccc3)CC2)cc1. The maximum absolute atomic E-state index is 12.1. The van der Waals surface area contributed by atoms with Crippen LogP contribution in [0.1, 0.15) is 61.0 Å². The van der Waals surface area contributed by atoms with E-state index in [0.717, 1.165) is 50.0 Å². The van der Waals surface area contributed by atoms with Crippen molar-refractivity contribution in [2.75, 3.05) is 26.2 Å². The number of ether oxygens (including phenoxy) is 1. The van der Waals surface area contributed by atoms with E-state index in [0.29, 0.717) is 17.5 Å². The first-order valence-corrected chi connectivity index (χ1v) is 14.1. The van der Waals surface area contributed by atoms with Crippen LogP contribution in [-0.2, 0) is 20.5 Å². The predicted octanol–water partition coefficient (Wildman–Crippen LogP) is 5.19. The Kier molecular flexibility index (Phi) is 9.81. The summed E-state index contributed by atoms with van der Waals surface area (Å²) in [4.78, 5) is 25.0. The fraction of sp³-hybridized carbons (Fsp3) is 0.394. The van der Waals surface area contributed by atoms with Crippen molar-refractivity contribution >= 4 is 12.1 Å². The summed E-state index contributed by atoms with van der Waals surface area (Å²) < 4.78 is 4.55. The first kappa shape index (κ1) is 30.2. The van der Waals surface area contributed by atoms with Crippen molar-refractivity contribution in [1.29, 1.82) is 0 Å². The van der Waals surface area contributed by atoms with Gasteiger partial charge in [-0.05, 0) is 80.4 Å². The lowest BCUT2D eigenvalue weighted by atomic mass is 9.72. The lowest BCUT2D eigenvalue weighted by Crippen LogP contribution is -2.44. The Labute approximate surface area is 240 Å². The Bertz CT molecular complexity index is 1230. The van der Waals surface area contributed by atoms with Crippen LogP contribution < -0.4 is 0 Å². The van der Waals surface area contributed by atoms with Gasteiger partial charge in [-0.25, -0.2) is 4.79 Å².